The van der Waals surface area contributed by atoms with Crippen molar-refractivity contribution in [3.05, 3.63) is 46.2 Å². The van der Waals surface area contributed by atoms with Crippen LogP contribution < -0.4 is 5.32 Å². The largest absolute Gasteiger partial charge is 0.508 e. The Morgan fingerprint density at radius 2 is 2.37 bits per heavy atom. The van der Waals surface area contributed by atoms with Crippen molar-refractivity contribution in [2.24, 2.45) is 0 Å². The Morgan fingerprint density at radius 1 is 1.58 bits per heavy atom. The standard InChI is InChI=1S/C13H13FN2O2S/c1-8(13-15-4-5-19-13)7-16-12(18)10-3-2-9(17)6-11(10)14/h2-6,8,17H,7H2,1H3,(H,16,18). The monoisotopic (exact) mass is 280 g/mol. The third-order valence-corrected chi connectivity index (χ3v) is 3.65. The highest BCUT2D eigenvalue weighted by Crippen LogP contribution is 2.18. The number of benzene rings is 1. The molecule has 2 aromatic rings. The Kier molecular flexibility index (Phi) is 4.11. The Bertz CT molecular complexity index is 572. The molecule has 6 heteroatoms. The van der Waals surface area contributed by atoms with Gasteiger partial charge in [-0.2, -0.15) is 0 Å². The molecule has 1 amide bonds. The van der Waals surface area contributed by atoms with Crippen LogP contribution >= 0.6 is 11.3 Å². The lowest BCUT2D eigenvalue weighted by Gasteiger charge is -2.10. The van der Waals surface area contributed by atoms with E-state index in [2.05, 4.69) is 10.3 Å². The molecule has 0 aliphatic carbocycles. The molecule has 4 nitrogen and oxygen atoms in total. The van der Waals surface area contributed by atoms with E-state index in [4.69, 9.17) is 5.11 Å². The number of carbonyl (C=O) groups excluding carboxylic acids is 1. The lowest BCUT2D eigenvalue weighted by atomic mass is 10.1. The van der Waals surface area contributed by atoms with Gasteiger partial charge in [-0.15, -0.1) is 11.3 Å². The van der Waals surface area contributed by atoms with Gasteiger partial charge in [-0.1, -0.05) is 6.92 Å². The molecule has 19 heavy (non-hydrogen) atoms. The lowest BCUT2D eigenvalue weighted by molar-refractivity contribution is 0.0947. The molecule has 0 bridgehead atoms. The number of carbonyl (C=O) groups is 1. The predicted molar refractivity (Wildman–Crippen MR) is 70.9 cm³/mol. The van der Waals surface area contributed by atoms with Crippen molar-refractivity contribution in [1.82, 2.24) is 10.3 Å². The summed E-state index contributed by atoms with van der Waals surface area (Å²) in [5, 5.41) is 14.5. The van der Waals surface area contributed by atoms with Gasteiger partial charge < -0.3 is 10.4 Å². The van der Waals surface area contributed by atoms with E-state index in [9.17, 15) is 9.18 Å². The molecule has 1 aromatic carbocycles. The average Bonchev–Trinajstić information content (AvgIpc) is 2.89. The summed E-state index contributed by atoms with van der Waals surface area (Å²) in [4.78, 5) is 16.0. The fourth-order valence-corrected chi connectivity index (χ4v) is 2.29. The summed E-state index contributed by atoms with van der Waals surface area (Å²) in [7, 11) is 0. The van der Waals surface area contributed by atoms with Crippen molar-refractivity contribution in [2.45, 2.75) is 12.8 Å². The highest BCUT2D eigenvalue weighted by molar-refractivity contribution is 7.09. The van der Waals surface area contributed by atoms with Crippen molar-refractivity contribution < 1.29 is 14.3 Å². The maximum Gasteiger partial charge on any atom is 0.254 e. The molecule has 100 valence electrons. The maximum absolute atomic E-state index is 13.5. The number of nitrogens with zero attached hydrogens (tertiary/aromatic N) is 1. The molecular formula is C13H13FN2O2S. The summed E-state index contributed by atoms with van der Waals surface area (Å²) < 4.78 is 13.5. The van der Waals surface area contributed by atoms with Crippen molar-refractivity contribution >= 4 is 17.2 Å². The van der Waals surface area contributed by atoms with Crippen molar-refractivity contribution in [1.29, 1.82) is 0 Å². The zero-order valence-electron chi connectivity index (χ0n) is 10.3. The number of phenols is 1. The number of rotatable bonds is 4. The van der Waals surface area contributed by atoms with E-state index in [1.807, 2.05) is 12.3 Å². The first-order valence-corrected chi connectivity index (χ1v) is 6.62. The average molecular weight is 280 g/mol. The molecule has 1 atom stereocenters. The SMILES string of the molecule is CC(CNC(=O)c1ccc(O)cc1F)c1nccs1. The van der Waals surface area contributed by atoms with Gasteiger partial charge in [0, 0.05) is 30.1 Å². The van der Waals surface area contributed by atoms with Crippen LogP contribution in [0.2, 0.25) is 0 Å². The summed E-state index contributed by atoms with van der Waals surface area (Å²) in [6.45, 7) is 2.32. The molecule has 0 fully saturated rings. The van der Waals surface area contributed by atoms with Crippen LogP contribution in [0.1, 0.15) is 28.2 Å². The minimum absolute atomic E-state index is 0.0733. The summed E-state index contributed by atoms with van der Waals surface area (Å²) >= 11 is 1.51. The molecule has 0 spiro atoms. The van der Waals surface area contributed by atoms with Crippen LogP contribution in [0.3, 0.4) is 0 Å². The van der Waals surface area contributed by atoms with Crippen LogP contribution in [-0.2, 0) is 0 Å². The van der Waals surface area contributed by atoms with Gasteiger partial charge in [0.15, 0.2) is 0 Å². The van der Waals surface area contributed by atoms with E-state index >= 15 is 0 Å². The fourth-order valence-electron chi connectivity index (χ4n) is 1.59. The summed E-state index contributed by atoms with van der Waals surface area (Å²) in [6, 6.07) is 3.45. The lowest BCUT2D eigenvalue weighted by Crippen LogP contribution is -2.28. The smallest absolute Gasteiger partial charge is 0.254 e. The first-order chi connectivity index (χ1) is 9.08. The summed E-state index contributed by atoms with van der Waals surface area (Å²) in [6.07, 6.45) is 1.71. The molecule has 1 unspecified atom stereocenters. The second-order valence-electron chi connectivity index (χ2n) is 4.15. The van der Waals surface area contributed by atoms with Gasteiger partial charge in [0.2, 0.25) is 0 Å². The van der Waals surface area contributed by atoms with E-state index in [0.717, 1.165) is 11.1 Å². The number of aromatic hydroxyl groups is 1. The minimum atomic E-state index is -0.737. The quantitative estimate of drug-likeness (QED) is 0.904. The van der Waals surface area contributed by atoms with E-state index in [-0.39, 0.29) is 17.2 Å². The number of thiazole rings is 1. The molecule has 1 aromatic heterocycles. The molecule has 0 saturated heterocycles. The topological polar surface area (TPSA) is 62.2 Å². The fraction of sp³-hybridized carbons (Fsp3) is 0.231. The van der Waals surface area contributed by atoms with Gasteiger partial charge in [-0.05, 0) is 12.1 Å². The summed E-state index contributed by atoms with van der Waals surface area (Å²) in [5.41, 5.74) is -0.0795. The molecule has 0 aliphatic rings. The van der Waals surface area contributed by atoms with Crippen LogP contribution in [0.5, 0.6) is 5.75 Å². The number of amides is 1. The molecule has 2 N–H and O–H groups in total. The minimum Gasteiger partial charge on any atom is -0.508 e. The van der Waals surface area contributed by atoms with Crippen molar-refractivity contribution in [3.63, 3.8) is 0 Å². The Labute approximate surface area is 113 Å². The molecule has 0 radical (unpaired) electrons. The van der Waals surface area contributed by atoms with E-state index in [1.54, 1.807) is 6.20 Å². The Hall–Kier alpha value is -1.95. The number of halogens is 1. The first-order valence-electron chi connectivity index (χ1n) is 5.74. The first kappa shape index (κ1) is 13.5. The Morgan fingerprint density at radius 3 is 3.00 bits per heavy atom. The van der Waals surface area contributed by atoms with Crippen molar-refractivity contribution in [2.75, 3.05) is 6.54 Å². The maximum atomic E-state index is 13.5. The van der Waals surface area contributed by atoms with Gasteiger partial charge in [-0.25, -0.2) is 9.37 Å². The van der Waals surface area contributed by atoms with Gasteiger partial charge in [0.25, 0.3) is 5.91 Å². The van der Waals surface area contributed by atoms with E-state index in [0.29, 0.717) is 6.54 Å². The zero-order chi connectivity index (χ0) is 13.8. The number of hydrogen-bond donors (Lipinski definition) is 2. The second-order valence-corrected chi connectivity index (χ2v) is 5.07. The van der Waals surface area contributed by atoms with Crippen LogP contribution in [-0.4, -0.2) is 22.5 Å². The number of aromatic nitrogens is 1. The summed E-state index contributed by atoms with van der Waals surface area (Å²) in [5.74, 6) is -1.37. The zero-order valence-corrected chi connectivity index (χ0v) is 11.1. The highest BCUT2D eigenvalue weighted by Gasteiger charge is 2.14. The normalized spacial score (nSPS) is 12.1. The predicted octanol–water partition coefficient (Wildman–Crippen LogP) is 2.52. The van der Waals surface area contributed by atoms with Crippen LogP contribution in [0, 0.1) is 5.82 Å². The molecular weight excluding hydrogens is 267 g/mol. The molecule has 0 aliphatic heterocycles. The molecule has 2 rings (SSSR count). The number of phenolic OH excluding ortho intramolecular Hbond substituents is 1. The van der Waals surface area contributed by atoms with E-state index < -0.39 is 11.7 Å². The van der Waals surface area contributed by atoms with Crippen LogP contribution in [0.25, 0.3) is 0 Å². The number of hydrogen-bond acceptors (Lipinski definition) is 4. The van der Waals surface area contributed by atoms with Gasteiger partial charge >= 0.3 is 0 Å². The third-order valence-electron chi connectivity index (χ3n) is 2.64. The van der Waals surface area contributed by atoms with Crippen LogP contribution in [0.4, 0.5) is 4.39 Å². The second kappa shape index (κ2) is 5.79. The van der Waals surface area contributed by atoms with Gasteiger partial charge in [-0.3, -0.25) is 4.79 Å². The Balaban J connectivity index is 1.98. The van der Waals surface area contributed by atoms with Gasteiger partial charge in [0.05, 0.1) is 10.6 Å². The third kappa shape index (κ3) is 3.29. The molecule has 1 heterocycles. The van der Waals surface area contributed by atoms with Crippen LogP contribution in [0.15, 0.2) is 29.8 Å². The highest BCUT2D eigenvalue weighted by atomic mass is 32.1. The number of nitrogens with one attached hydrogen (secondary N) is 1. The van der Waals surface area contributed by atoms with Crippen molar-refractivity contribution in [3.8, 4) is 5.75 Å². The molecule has 0 saturated carbocycles. The van der Waals surface area contributed by atoms with E-state index in [1.165, 1.54) is 23.5 Å². The van der Waals surface area contributed by atoms with Gasteiger partial charge in [0.1, 0.15) is 11.6 Å².